The number of ether oxygens (including phenoxy) is 10. The van der Waals surface area contributed by atoms with Crippen molar-refractivity contribution in [1.29, 1.82) is 0 Å². The Morgan fingerprint density at radius 2 is 1.51 bits per heavy atom. The predicted molar refractivity (Wildman–Crippen MR) is 363 cm³/mol. The molecule has 0 radical (unpaired) electrons. The van der Waals surface area contributed by atoms with E-state index in [-0.39, 0.29) is 74.0 Å². The molecule has 2 N–H and O–H groups in total. The van der Waals surface area contributed by atoms with E-state index in [4.69, 9.17) is 51.8 Å². The minimum atomic E-state index is -2.51. The van der Waals surface area contributed by atoms with Crippen LogP contribution < -0.4 is 0 Å². The van der Waals surface area contributed by atoms with Crippen LogP contribution in [0.3, 0.4) is 0 Å². The van der Waals surface area contributed by atoms with Crippen LogP contribution in [0.25, 0.3) is 0 Å². The summed E-state index contributed by atoms with van der Waals surface area (Å²) in [6.45, 7) is 17.0. The normalized spacial score (nSPS) is 38.4. The summed E-state index contributed by atoms with van der Waals surface area (Å²) in [7, 11) is 5.82. The summed E-state index contributed by atoms with van der Waals surface area (Å²) in [5.74, 6) is -14.2. The van der Waals surface area contributed by atoms with Gasteiger partial charge in [-0.05, 0) is 145 Å². The number of nitrogens with zero attached hydrogens (tertiary/aromatic N) is 1. The monoisotopic (exact) mass is 1410 g/mol. The number of fused-ring (bicyclic) bond motifs is 6. The van der Waals surface area contributed by atoms with Crippen LogP contribution in [0, 0.1) is 46.8 Å². The van der Waals surface area contributed by atoms with Crippen LogP contribution in [-0.2, 0) is 91.1 Å². The molecule has 8 aliphatic rings. The summed E-state index contributed by atoms with van der Waals surface area (Å²) >= 11 is 0. The largest absolute Gasteiger partial charge is 0.461 e. The van der Waals surface area contributed by atoms with Crippen molar-refractivity contribution in [2.75, 3.05) is 41.6 Å². The number of methoxy groups -OCH3 is 4. The molecule has 2 saturated carbocycles. The van der Waals surface area contributed by atoms with Crippen LogP contribution >= 0.6 is 0 Å². The summed E-state index contributed by atoms with van der Waals surface area (Å²) in [4.78, 5) is 145. The number of hydrogen-bond donors (Lipinski definition) is 2. The van der Waals surface area contributed by atoms with E-state index in [0.29, 0.717) is 80.9 Å². The van der Waals surface area contributed by atoms with Crippen molar-refractivity contribution < 1.29 is 110 Å². The first-order valence-electron chi connectivity index (χ1n) is 36.0. The SMILES string of the molecule is COC[C@H]1OC(=O)c2coc3c2[C@@]1(C)C1=C(C3=O)[C@@H]2CC[C@H](OC(=O)CC(=O)O[C@@H]3/C(C)=C/[C@@H](C)C(=O)C[C@@H]([C@@H](C)C[C@@H]4CC[C@@H](O)[C@H](OC)C4)OC(=O)[C@@H]4CCCCN4C(=O)C(=O)[C@]4(O)O[C@@H](CC[C@H]4C)C[C@H](OC)/C(C)=C/C=C/C=C/[C@@H](C)C[C@@H](C)C(=O)[C@@H]3OC)[C@@]2(C)C[C@H]1OC(C)=O. The number of hydrogen-bond acceptors (Lipinski definition) is 23. The van der Waals surface area contributed by atoms with Gasteiger partial charge >= 0.3 is 29.8 Å². The quantitative estimate of drug-likeness (QED) is 0.0611. The fraction of sp³-hybridized carbons (Fsp3) is 0.688. The van der Waals surface area contributed by atoms with Crippen LogP contribution in [0.4, 0.5) is 0 Å². The molecule has 9 rings (SSSR count). The zero-order valence-electron chi connectivity index (χ0n) is 61.1. The molecular formula is C77H105NO23. The second-order valence-corrected chi connectivity index (χ2v) is 30.2. The van der Waals surface area contributed by atoms with Gasteiger partial charge < -0.3 is 66.9 Å². The number of aliphatic hydroxyl groups excluding tert-OH is 1. The number of allylic oxidation sites excluding steroid dienone is 7. The molecule has 4 aliphatic carbocycles. The first-order chi connectivity index (χ1) is 47.8. The van der Waals surface area contributed by atoms with E-state index >= 15 is 0 Å². The van der Waals surface area contributed by atoms with Gasteiger partial charge in [0, 0.05) is 89.1 Å². The molecule has 5 heterocycles. The lowest BCUT2D eigenvalue weighted by molar-refractivity contribution is -0.265. The second-order valence-electron chi connectivity index (χ2n) is 30.2. The Bertz CT molecular complexity index is 3470. The summed E-state index contributed by atoms with van der Waals surface area (Å²) in [6, 6.07) is -1.26. The number of furan rings is 1. The van der Waals surface area contributed by atoms with Crippen molar-refractivity contribution in [1.82, 2.24) is 4.90 Å². The molecule has 1 aromatic heterocycles. The van der Waals surface area contributed by atoms with Gasteiger partial charge in [-0.1, -0.05) is 78.0 Å². The Hall–Kier alpha value is -6.80. The Morgan fingerprint density at radius 1 is 0.782 bits per heavy atom. The summed E-state index contributed by atoms with van der Waals surface area (Å²) in [6.07, 6.45) is 6.56. The standard InChI is InChI=1S/C77H105NO23/c1-40-20-16-15-17-21-41(2)55(92-12)34-49-25-23-46(7)77(90,101-49)71(86)72(87)78-29-19-18-22-52(78)74(89)97-56(43(4)32-48-24-27-53(80)57(33-48)93-13)35-54(81)42(3)31-45(6)68(70(94-14)66(84)44(5)30-40)100-62(83)36-61(82)98-59-28-26-51-63-65(58(96-47(8)79)37-75(51,59)9)76(10)60(39-91-11)99-73(88)50-38-95-69(64(50)76)67(63)85/h15-17,20-21,31,38,40,42-44,46,48-49,51-53,55-60,68,70,80,90H,18-19,22-30,32-37,39H2,1-14H3/b17-15+,20-16+,41-21+,45-31+/t40-,42-,43+,44-,46-,48+,49+,51+,52+,53-,55+,56+,57-,58-,59+,60-,68-,70+,75+,76+,77-/m1/s1. The maximum Gasteiger partial charge on any atom is 0.342 e. The Balaban J connectivity index is 1.01. The minimum Gasteiger partial charge on any atom is -0.461 e. The average Bonchev–Trinajstić information content (AvgIpc) is 0.899. The van der Waals surface area contributed by atoms with Crippen LogP contribution in [-0.4, -0.2) is 188 Å². The zero-order valence-corrected chi connectivity index (χ0v) is 61.1. The molecule has 2 saturated heterocycles. The van der Waals surface area contributed by atoms with E-state index in [1.54, 1.807) is 34.8 Å². The molecule has 1 aromatic rings. The maximum absolute atomic E-state index is 14.9. The van der Waals surface area contributed by atoms with Crippen LogP contribution in [0.15, 0.2) is 69.4 Å². The highest BCUT2D eigenvalue weighted by atomic mass is 16.6. The highest BCUT2D eigenvalue weighted by Crippen LogP contribution is 2.63. The number of carbonyl (C=O) groups excluding carboxylic acids is 10. The molecule has 0 aromatic carbocycles. The van der Waals surface area contributed by atoms with Gasteiger partial charge in [-0.25, -0.2) is 9.59 Å². The molecule has 2 bridgehead atoms. The fourth-order valence-corrected chi connectivity index (χ4v) is 17.4. The molecule has 556 valence electrons. The first kappa shape index (κ1) is 78.3. The highest BCUT2D eigenvalue weighted by molar-refractivity contribution is 6.39. The van der Waals surface area contributed by atoms with Crippen molar-refractivity contribution in [2.24, 2.45) is 46.8 Å². The smallest absolute Gasteiger partial charge is 0.342 e. The van der Waals surface area contributed by atoms with E-state index in [1.165, 1.54) is 40.6 Å². The topological polar surface area (TPSA) is 320 Å². The third kappa shape index (κ3) is 16.4. The number of aliphatic hydroxyl groups is 2. The van der Waals surface area contributed by atoms with Crippen molar-refractivity contribution >= 4 is 58.9 Å². The third-order valence-corrected chi connectivity index (χ3v) is 23.2. The fourth-order valence-electron chi connectivity index (χ4n) is 17.4. The lowest BCUT2D eigenvalue weighted by Gasteiger charge is -2.52. The number of esters is 5. The van der Waals surface area contributed by atoms with E-state index in [9.17, 15) is 58.2 Å². The number of carbonyl (C=O) groups is 10. The van der Waals surface area contributed by atoms with E-state index in [1.807, 2.05) is 65.0 Å². The molecule has 0 unspecified atom stereocenters. The van der Waals surface area contributed by atoms with E-state index in [2.05, 4.69) is 0 Å². The Labute approximate surface area is 591 Å². The predicted octanol–water partition coefficient (Wildman–Crippen LogP) is 9.01. The lowest BCUT2D eigenvalue weighted by Crippen LogP contribution is -2.61. The van der Waals surface area contributed by atoms with Gasteiger partial charge in [0.15, 0.2) is 23.8 Å². The number of ketones is 4. The van der Waals surface area contributed by atoms with Gasteiger partial charge in [0.2, 0.25) is 11.6 Å². The molecule has 24 heteroatoms. The highest BCUT2D eigenvalue weighted by Gasteiger charge is 2.65. The second kappa shape index (κ2) is 32.9. The number of piperidine rings is 1. The molecule has 21 atom stereocenters. The van der Waals surface area contributed by atoms with Crippen molar-refractivity contribution in [3.05, 3.63) is 81.9 Å². The average molecular weight is 1410 g/mol. The molecule has 4 aliphatic heterocycles. The van der Waals surface area contributed by atoms with Gasteiger partial charge in [-0.15, -0.1) is 0 Å². The molecule has 4 fully saturated rings. The lowest BCUT2D eigenvalue weighted by atomic mass is 9.54. The number of cyclic esters (lactones) is 2. The van der Waals surface area contributed by atoms with Gasteiger partial charge in [0.05, 0.1) is 36.4 Å². The van der Waals surface area contributed by atoms with Crippen LogP contribution in [0.2, 0.25) is 0 Å². The van der Waals surface area contributed by atoms with E-state index < -0.39 is 179 Å². The summed E-state index contributed by atoms with van der Waals surface area (Å²) < 4.78 is 66.0. The van der Waals surface area contributed by atoms with Crippen molar-refractivity contribution in [3.63, 3.8) is 0 Å². The van der Waals surface area contributed by atoms with Crippen LogP contribution in [0.5, 0.6) is 0 Å². The van der Waals surface area contributed by atoms with Crippen molar-refractivity contribution in [2.45, 2.75) is 250 Å². The summed E-state index contributed by atoms with van der Waals surface area (Å²) in [5.41, 5.74) is -0.140. The molecule has 1 amide bonds. The zero-order chi connectivity index (χ0) is 73.7. The number of rotatable bonds is 13. The van der Waals surface area contributed by atoms with E-state index in [0.717, 1.165) is 10.5 Å². The first-order valence-corrected chi connectivity index (χ1v) is 36.0. The van der Waals surface area contributed by atoms with Gasteiger partial charge in [-0.3, -0.25) is 38.4 Å². The third-order valence-electron chi connectivity index (χ3n) is 23.2. The minimum absolute atomic E-state index is 0.00312. The maximum atomic E-state index is 14.9. The van der Waals surface area contributed by atoms with Crippen LogP contribution in [0.1, 0.15) is 198 Å². The van der Waals surface area contributed by atoms with Gasteiger partial charge in [0.25, 0.3) is 11.7 Å². The Kier molecular flexibility index (Phi) is 25.5. The molecule has 24 nitrogen and oxygen atoms in total. The number of Topliss-reactive ketones (excluding diaryl/α,β-unsaturated/α-hetero) is 4. The van der Waals surface area contributed by atoms with Gasteiger partial charge in [0.1, 0.15) is 54.5 Å². The molecule has 101 heavy (non-hydrogen) atoms. The van der Waals surface area contributed by atoms with Gasteiger partial charge in [-0.2, -0.15) is 0 Å². The number of amides is 1. The molecular weight excluding hydrogens is 1310 g/mol. The summed E-state index contributed by atoms with van der Waals surface area (Å²) in [5, 5.41) is 22.9. The Morgan fingerprint density at radius 3 is 2.21 bits per heavy atom. The van der Waals surface area contributed by atoms with Crippen molar-refractivity contribution in [3.8, 4) is 0 Å². The molecule has 0 spiro atoms.